The summed E-state index contributed by atoms with van der Waals surface area (Å²) in [5.41, 5.74) is 3.33. The van der Waals surface area contributed by atoms with Crippen LogP contribution in [0.25, 0.3) is 11.1 Å². The third kappa shape index (κ3) is 3.98. The van der Waals surface area contributed by atoms with Crippen LogP contribution in [-0.2, 0) is 22.6 Å². The molecule has 1 aliphatic heterocycles. The first-order valence-corrected chi connectivity index (χ1v) is 12.3. The van der Waals surface area contributed by atoms with Crippen molar-refractivity contribution in [2.24, 2.45) is 7.05 Å². The molecule has 0 radical (unpaired) electrons. The van der Waals surface area contributed by atoms with E-state index < -0.39 is 21.7 Å². The first kappa shape index (κ1) is 22.0. The summed E-state index contributed by atoms with van der Waals surface area (Å²) in [5.74, 6) is -0.0541. The van der Waals surface area contributed by atoms with Crippen LogP contribution in [0.5, 0.6) is 0 Å². The molecular formula is C23H21FN6O3S. The maximum absolute atomic E-state index is 13.5. The van der Waals surface area contributed by atoms with Crippen LogP contribution in [-0.4, -0.2) is 38.7 Å². The number of nitrogens with one attached hydrogen (secondary N) is 1. The molecule has 0 spiro atoms. The van der Waals surface area contributed by atoms with E-state index in [2.05, 4.69) is 20.6 Å². The Kier molecular flexibility index (Phi) is 5.28. The van der Waals surface area contributed by atoms with Gasteiger partial charge in [-0.25, -0.2) is 17.5 Å². The highest BCUT2D eigenvalue weighted by Gasteiger charge is 2.34. The number of aryl methyl sites for hydroxylation is 2. The van der Waals surface area contributed by atoms with Gasteiger partial charge in [0.25, 0.3) is 5.56 Å². The van der Waals surface area contributed by atoms with Crippen molar-refractivity contribution in [1.29, 1.82) is 0 Å². The van der Waals surface area contributed by atoms with E-state index in [0.717, 1.165) is 16.8 Å². The lowest BCUT2D eigenvalue weighted by Gasteiger charge is -2.26. The zero-order chi connectivity index (χ0) is 24.0. The lowest BCUT2D eigenvalue weighted by atomic mass is 10.0. The largest absolute Gasteiger partial charge is 0.324 e. The van der Waals surface area contributed by atoms with E-state index in [9.17, 15) is 17.6 Å². The minimum Gasteiger partial charge on any atom is -0.324 e. The summed E-state index contributed by atoms with van der Waals surface area (Å²) in [4.78, 5) is 12.4. The molecule has 34 heavy (non-hydrogen) atoms. The molecule has 9 nitrogen and oxygen atoms in total. The van der Waals surface area contributed by atoms with E-state index in [0.29, 0.717) is 22.9 Å². The molecule has 1 atom stereocenters. The molecule has 5 rings (SSSR count). The quantitative estimate of drug-likeness (QED) is 0.478. The summed E-state index contributed by atoms with van der Waals surface area (Å²) in [5, 5.41) is 15.5. The number of hydrogen-bond acceptors (Lipinski definition) is 7. The normalized spacial score (nSPS) is 16.7. The van der Waals surface area contributed by atoms with Crippen molar-refractivity contribution in [2.45, 2.75) is 18.7 Å². The Labute approximate surface area is 194 Å². The van der Waals surface area contributed by atoms with Crippen LogP contribution in [0, 0.1) is 12.7 Å². The van der Waals surface area contributed by atoms with Crippen LogP contribution < -0.4 is 10.9 Å². The third-order valence-corrected chi connectivity index (χ3v) is 7.40. The minimum absolute atomic E-state index is 0.137. The van der Waals surface area contributed by atoms with Crippen LogP contribution in [0.3, 0.4) is 0 Å². The van der Waals surface area contributed by atoms with Crippen molar-refractivity contribution in [2.75, 3.05) is 11.1 Å². The fourth-order valence-electron chi connectivity index (χ4n) is 4.15. The van der Waals surface area contributed by atoms with Gasteiger partial charge < -0.3 is 5.32 Å². The lowest BCUT2D eigenvalue weighted by Crippen LogP contribution is -2.30. The Bertz CT molecular complexity index is 1560. The smallest absolute Gasteiger partial charge is 0.274 e. The minimum atomic E-state index is -3.40. The summed E-state index contributed by atoms with van der Waals surface area (Å²) in [6, 6.07) is 12.4. The van der Waals surface area contributed by atoms with E-state index in [4.69, 9.17) is 0 Å². The standard InChI is InChI=1S/C23H21FN6O3S/c1-14-11-16(18-9-10-25-29(2)22(18)31)5-8-19(14)26-23-28-27-21-13-34(32,33)12-20(30(21)23)15-3-6-17(24)7-4-15/h3-11,20H,12-13H2,1-2H3,(H,26,28)/t20-/m0/s1. The second-order valence-electron chi connectivity index (χ2n) is 8.26. The summed E-state index contributed by atoms with van der Waals surface area (Å²) in [6.07, 6.45) is 1.57. The lowest BCUT2D eigenvalue weighted by molar-refractivity contribution is 0.543. The molecule has 4 aromatic rings. The Hall–Kier alpha value is -3.86. The molecule has 0 saturated heterocycles. The van der Waals surface area contributed by atoms with Crippen LogP contribution in [0.4, 0.5) is 16.0 Å². The molecule has 11 heteroatoms. The van der Waals surface area contributed by atoms with Crippen LogP contribution >= 0.6 is 0 Å². The van der Waals surface area contributed by atoms with E-state index >= 15 is 0 Å². The number of anilines is 2. The van der Waals surface area contributed by atoms with Gasteiger partial charge in [0, 0.05) is 18.9 Å². The molecule has 0 unspecified atom stereocenters. The summed E-state index contributed by atoms with van der Waals surface area (Å²) >= 11 is 0. The van der Waals surface area contributed by atoms with Crippen molar-refractivity contribution >= 4 is 21.5 Å². The van der Waals surface area contributed by atoms with Crippen LogP contribution in [0.15, 0.2) is 59.5 Å². The number of rotatable bonds is 4. The fraction of sp³-hybridized carbons (Fsp3) is 0.217. The Morgan fingerprint density at radius 2 is 1.85 bits per heavy atom. The second-order valence-corrected chi connectivity index (χ2v) is 10.4. The zero-order valence-corrected chi connectivity index (χ0v) is 19.3. The van der Waals surface area contributed by atoms with Gasteiger partial charge in [0.1, 0.15) is 17.4 Å². The Morgan fingerprint density at radius 1 is 1.09 bits per heavy atom. The molecule has 2 aromatic carbocycles. The van der Waals surface area contributed by atoms with Crippen molar-refractivity contribution < 1.29 is 12.8 Å². The van der Waals surface area contributed by atoms with Gasteiger partial charge in [-0.1, -0.05) is 18.2 Å². The number of aromatic nitrogens is 5. The highest BCUT2D eigenvalue weighted by atomic mass is 32.2. The molecule has 0 amide bonds. The van der Waals surface area contributed by atoms with E-state index in [1.807, 2.05) is 25.1 Å². The van der Waals surface area contributed by atoms with E-state index in [-0.39, 0.29) is 17.1 Å². The predicted octanol–water partition coefficient (Wildman–Crippen LogP) is 2.75. The molecule has 1 aliphatic rings. The number of fused-ring (bicyclic) bond motifs is 1. The second kappa shape index (κ2) is 8.17. The average Bonchev–Trinajstić information content (AvgIpc) is 3.18. The van der Waals surface area contributed by atoms with E-state index in [1.165, 1.54) is 16.8 Å². The molecule has 0 bridgehead atoms. The summed E-state index contributed by atoms with van der Waals surface area (Å²) in [6.45, 7) is 1.90. The van der Waals surface area contributed by atoms with Crippen molar-refractivity contribution in [1.82, 2.24) is 24.5 Å². The maximum Gasteiger partial charge on any atom is 0.274 e. The van der Waals surface area contributed by atoms with Gasteiger partial charge in [0.2, 0.25) is 5.95 Å². The molecule has 174 valence electrons. The fourth-order valence-corrected chi connectivity index (χ4v) is 5.68. The number of benzene rings is 2. The Morgan fingerprint density at radius 3 is 2.59 bits per heavy atom. The number of hydrogen-bond donors (Lipinski definition) is 1. The number of halogens is 1. The van der Waals surface area contributed by atoms with Crippen molar-refractivity contribution in [3.63, 3.8) is 0 Å². The van der Waals surface area contributed by atoms with Crippen molar-refractivity contribution in [3.05, 3.63) is 87.9 Å². The van der Waals surface area contributed by atoms with E-state index in [1.54, 1.807) is 36.0 Å². The molecular weight excluding hydrogens is 459 g/mol. The van der Waals surface area contributed by atoms with Gasteiger partial charge in [0.05, 0.1) is 17.4 Å². The average molecular weight is 481 g/mol. The van der Waals surface area contributed by atoms with Gasteiger partial charge in [-0.2, -0.15) is 5.10 Å². The molecule has 2 aromatic heterocycles. The summed E-state index contributed by atoms with van der Waals surface area (Å²) < 4.78 is 41.5. The molecule has 0 fully saturated rings. The highest BCUT2D eigenvalue weighted by molar-refractivity contribution is 7.90. The molecule has 0 aliphatic carbocycles. The number of nitrogens with zero attached hydrogens (tertiary/aromatic N) is 5. The first-order valence-electron chi connectivity index (χ1n) is 10.5. The van der Waals surface area contributed by atoms with Crippen LogP contribution in [0.2, 0.25) is 0 Å². The van der Waals surface area contributed by atoms with Crippen LogP contribution in [0.1, 0.15) is 23.0 Å². The molecule has 3 heterocycles. The molecule has 0 saturated carbocycles. The SMILES string of the molecule is Cc1cc(-c2ccnn(C)c2=O)ccc1Nc1nnc2n1[C@H](c1ccc(F)cc1)CS(=O)(=O)C2. The topological polar surface area (TPSA) is 112 Å². The molecule has 1 N–H and O–H groups in total. The van der Waals surface area contributed by atoms with Gasteiger partial charge in [0.15, 0.2) is 9.84 Å². The monoisotopic (exact) mass is 480 g/mol. The highest BCUT2D eigenvalue weighted by Crippen LogP contribution is 2.33. The third-order valence-electron chi connectivity index (χ3n) is 5.88. The van der Waals surface area contributed by atoms with Gasteiger partial charge in [-0.15, -0.1) is 10.2 Å². The zero-order valence-electron chi connectivity index (χ0n) is 18.4. The summed E-state index contributed by atoms with van der Waals surface area (Å²) in [7, 11) is -1.80. The van der Waals surface area contributed by atoms with Gasteiger partial charge in [-0.3, -0.25) is 9.36 Å². The van der Waals surface area contributed by atoms with Crippen molar-refractivity contribution in [3.8, 4) is 11.1 Å². The van der Waals surface area contributed by atoms with Gasteiger partial charge >= 0.3 is 0 Å². The Balaban J connectivity index is 1.52. The number of sulfone groups is 1. The predicted molar refractivity (Wildman–Crippen MR) is 125 cm³/mol. The van der Waals surface area contributed by atoms with Gasteiger partial charge in [-0.05, 0) is 53.9 Å². The first-order chi connectivity index (χ1) is 16.2. The maximum atomic E-state index is 13.5.